The van der Waals surface area contributed by atoms with Crippen molar-refractivity contribution in [1.29, 1.82) is 0 Å². The van der Waals surface area contributed by atoms with E-state index in [-0.39, 0.29) is 18.7 Å². The van der Waals surface area contributed by atoms with Crippen molar-refractivity contribution in [3.05, 3.63) is 0 Å². The van der Waals surface area contributed by atoms with Crippen molar-refractivity contribution in [2.24, 2.45) is 5.73 Å². The standard InChI is InChI=1S/C11H23N3O2/c1-3-14(4-2)9-5-8-13-11(16)7-6-10(12)15/h3-9H2,1-2H3,(H2,12,15)(H,13,16). The van der Waals surface area contributed by atoms with Crippen molar-refractivity contribution in [2.75, 3.05) is 26.2 Å². The fourth-order valence-electron chi connectivity index (χ4n) is 1.40. The largest absolute Gasteiger partial charge is 0.370 e. The van der Waals surface area contributed by atoms with E-state index in [4.69, 9.17) is 5.73 Å². The first kappa shape index (κ1) is 14.9. The topological polar surface area (TPSA) is 75.4 Å². The van der Waals surface area contributed by atoms with Gasteiger partial charge in [-0.3, -0.25) is 9.59 Å². The van der Waals surface area contributed by atoms with Gasteiger partial charge >= 0.3 is 0 Å². The van der Waals surface area contributed by atoms with Crippen LogP contribution in [0.1, 0.15) is 33.1 Å². The Morgan fingerprint density at radius 2 is 1.81 bits per heavy atom. The van der Waals surface area contributed by atoms with Crippen LogP contribution in [-0.2, 0) is 9.59 Å². The third kappa shape index (κ3) is 8.23. The Bertz CT molecular complexity index is 215. The van der Waals surface area contributed by atoms with Crippen LogP contribution >= 0.6 is 0 Å². The molecule has 0 aromatic heterocycles. The summed E-state index contributed by atoms with van der Waals surface area (Å²) in [7, 11) is 0. The Balaban J connectivity index is 3.43. The van der Waals surface area contributed by atoms with Crippen molar-refractivity contribution in [3.63, 3.8) is 0 Å². The predicted octanol–water partition coefficient (Wildman–Crippen LogP) is 0.100. The number of hydrogen-bond donors (Lipinski definition) is 2. The first-order valence-electron chi connectivity index (χ1n) is 5.87. The van der Waals surface area contributed by atoms with Gasteiger partial charge < -0.3 is 16.0 Å². The lowest BCUT2D eigenvalue weighted by atomic mass is 10.3. The van der Waals surface area contributed by atoms with Crippen molar-refractivity contribution < 1.29 is 9.59 Å². The molecule has 0 aromatic rings. The molecule has 0 aliphatic heterocycles. The first-order chi connectivity index (χ1) is 7.60. The fraction of sp³-hybridized carbons (Fsp3) is 0.818. The molecule has 0 bridgehead atoms. The van der Waals surface area contributed by atoms with E-state index in [9.17, 15) is 9.59 Å². The highest BCUT2D eigenvalue weighted by molar-refractivity contribution is 5.82. The van der Waals surface area contributed by atoms with Crippen molar-refractivity contribution in [1.82, 2.24) is 10.2 Å². The predicted molar refractivity (Wildman–Crippen MR) is 63.8 cm³/mol. The molecule has 0 fully saturated rings. The molecule has 0 saturated carbocycles. The van der Waals surface area contributed by atoms with Gasteiger partial charge in [-0.05, 0) is 26.1 Å². The third-order valence-corrected chi connectivity index (χ3v) is 2.47. The zero-order chi connectivity index (χ0) is 12.4. The van der Waals surface area contributed by atoms with E-state index < -0.39 is 5.91 Å². The van der Waals surface area contributed by atoms with Gasteiger partial charge in [0.25, 0.3) is 0 Å². The molecule has 0 radical (unpaired) electrons. The van der Waals surface area contributed by atoms with Gasteiger partial charge in [-0.25, -0.2) is 0 Å². The molecule has 0 aromatic carbocycles. The van der Waals surface area contributed by atoms with Crippen molar-refractivity contribution in [3.8, 4) is 0 Å². The summed E-state index contributed by atoms with van der Waals surface area (Å²) < 4.78 is 0. The molecule has 0 aliphatic rings. The Morgan fingerprint density at radius 1 is 1.19 bits per heavy atom. The second kappa shape index (κ2) is 9.15. The molecule has 0 atom stereocenters. The number of primary amides is 1. The Morgan fingerprint density at radius 3 is 2.31 bits per heavy atom. The van der Waals surface area contributed by atoms with E-state index in [0.29, 0.717) is 6.54 Å². The van der Waals surface area contributed by atoms with Crippen LogP contribution in [0.25, 0.3) is 0 Å². The van der Waals surface area contributed by atoms with Gasteiger partial charge in [0.05, 0.1) is 0 Å². The summed E-state index contributed by atoms with van der Waals surface area (Å²) in [6.45, 7) is 7.96. The van der Waals surface area contributed by atoms with Crippen LogP contribution < -0.4 is 11.1 Å². The summed E-state index contributed by atoms with van der Waals surface area (Å²) in [6, 6.07) is 0. The highest BCUT2D eigenvalue weighted by atomic mass is 16.2. The van der Waals surface area contributed by atoms with Crippen molar-refractivity contribution >= 4 is 11.8 Å². The Labute approximate surface area is 97.4 Å². The molecule has 16 heavy (non-hydrogen) atoms. The lowest BCUT2D eigenvalue weighted by Crippen LogP contribution is -2.30. The summed E-state index contributed by atoms with van der Waals surface area (Å²) in [5.41, 5.74) is 4.95. The zero-order valence-electron chi connectivity index (χ0n) is 10.3. The van der Waals surface area contributed by atoms with E-state index in [0.717, 1.165) is 26.1 Å². The van der Waals surface area contributed by atoms with Crippen molar-refractivity contribution in [2.45, 2.75) is 33.1 Å². The minimum atomic E-state index is -0.432. The van der Waals surface area contributed by atoms with Gasteiger partial charge in [0.1, 0.15) is 0 Å². The molecule has 0 saturated heterocycles. The molecule has 5 heteroatoms. The molecule has 0 heterocycles. The fourth-order valence-corrected chi connectivity index (χ4v) is 1.40. The Kier molecular flexibility index (Phi) is 8.52. The monoisotopic (exact) mass is 229 g/mol. The van der Waals surface area contributed by atoms with Crippen LogP contribution in [0.5, 0.6) is 0 Å². The molecule has 94 valence electrons. The molecule has 0 rings (SSSR count). The van der Waals surface area contributed by atoms with E-state index in [2.05, 4.69) is 24.1 Å². The van der Waals surface area contributed by atoms with E-state index in [1.165, 1.54) is 0 Å². The maximum absolute atomic E-state index is 11.2. The molecule has 0 aliphatic carbocycles. The van der Waals surface area contributed by atoms with Gasteiger partial charge in [-0.15, -0.1) is 0 Å². The maximum atomic E-state index is 11.2. The van der Waals surface area contributed by atoms with E-state index in [1.54, 1.807) is 0 Å². The lowest BCUT2D eigenvalue weighted by Gasteiger charge is -2.17. The van der Waals surface area contributed by atoms with Crippen LogP contribution in [0.3, 0.4) is 0 Å². The molecular weight excluding hydrogens is 206 g/mol. The summed E-state index contributed by atoms with van der Waals surface area (Å²) >= 11 is 0. The summed E-state index contributed by atoms with van der Waals surface area (Å²) in [6.07, 6.45) is 1.26. The molecule has 3 N–H and O–H groups in total. The summed E-state index contributed by atoms with van der Waals surface area (Å²) in [5.74, 6) is -0.531. The SMILES string of the molecule is CCN(CC)CCCNC(=O)CCC(N)=O. The highest BCUT2D eigenvalue weighted by Gasteiger charge is 2.03. The number of carbonyl (C=O) groups excluding carboxylic acids is 2. The Hall–Kier alpha value is -1.10. The number of nitrogens with zero attached hydrogens (tertiary/aromatic N) is 1. The van der Waals surface area contributed by atoms with Crippen LogP contribution in [0, 0.1) is 0 Å². The summed E-state index contributed by atoms with van der Waals surface area (Å²) in [4.78, 5) is 23.9. The minimum absolute atomic E-state index is 0.0988. The van der Waals surface area contributed by atoms with E-state index in [1.807, 2.05) is 0 Å². The van der Waals surface area contributed by atoms with Gasteiger partial charge in [0, 0.05) is 19.4 Å². The molecule has 5 nitrogen and oxygen atoms in total. The lowest BCUT2D eigenvalue weighted by molar-refractivity contribution is -0.125. The van der Waals surface area contributed by atoms with Gasteiger partial charge in [-0.2, -0.15) is 0 Å². The van der Waals surface area contributed by atoms with Crippen LogP contribution in [-0.4, -0.2) is 42.9 Å². The zero-order valence-corrected chi connectivity index (χ0v) is 10.3. The number of amides is 2. The summed E-state index contributed by atoms with van der Waals surface area (Å²) in [5, 5.41) is 2.77. The maximum Gasteiger partial charge on any atom is 0.220 e. The normalized spacial score (nSPS) is 10.4. The first-order valence-corrected chi connectivity index (χ1v) is 5.87. The van der Waals surface area contributed by atoms with E-state index >= 15 is 0 Å². The number of rotatable bonds is 9. The second-order valence-corrected chi connectivity index (χ2v) is 3.70. The smallest absolute Gasteiger partial charge is 0.220 e. The molecular formula is C11H23N3O2. The van der Waals surface area contributed by atoms with Crippen LogP contribution in [0.15, 0.2) is 0 Å². The molecule has 2 amide bonds. The van der Waals surface area contributed by atoms with Gasteiger partial charge in [0.2, 0.25) is 11.8 Å². The minimum Gasteiger partial charge on any atom is -0.370 e. The number of nitrogens with two attached hydrogens (primary N) is 1. The molecule has 0 spiro atoms. The number of carbonyl (C=O) groups is 2. The number of nitrogens with one attached hydrogen (secondary N) is 1. The second-order valence-electron chi connectivity index (χ2n) is 3.70. The average Bonchev–Trinajstić information content (AvgIpc) is 2.26. The van der Waals surface area contributed by atoms with Gasteiger partial charge in [-0.1, -0.05) is 13.8 Å². The quantitative estimate of drug-likeness (QED) is 0.551. The van der Waals surface area contributed by atoms with Crippen LogP contribution in [0.4, 0.5) is 0 Å². The van der Waals surface area contributed by atoms with Gasteiger partial charge in [0.15, 0.2) is 0 Å². The number of hydrogen-bond acceptors (Lipinski definition) is 3. The third-order valence-electron chi connectivity index (χ3n) is 2.47. The van der Waals surface area contributed by atoms with Crippen LogP contribution in [0.2, 0.25) is 0 Å². The average molecular weight is 229 g/mol. The molecule has 0 unspecified atom stereocenters. The highest BCUT2D eigenvalue weighted by Crippen LogP contribution is 1.91.